The minimum absolute atomic E-state index is 0.0937. The normalized spacial score (nSPS) is 11.9. The number of aromatic hydroxyl groups is 1. The molecule has 0 fully saturated rings. The molecule has 106 valence electrons. The lowest BCUT2D eigenvalue weighted by molar-refractivity contribution is 0.0949. The molecule has 0 bridgehead atoms. The van der Waals surface area contributed by atoms with Gasteiger partial charge in [0.25, 0.3) is 5.91 Å². The fourth-order valence-electron chi connectivity index (χ4n) is 1.74. The Morgan fingerprint density at radius 3 is 2.95 bits per heavy atom. The van der Waals surface area contributed by atoms with E-state index >= 15 is 0 Å². The third-order valence-electron chi connectivity index (χ3n) is 2.89. The summed E-state index contributed by atoms with van der Waals surface area (Å²) in [6, 6.07) is 4.59. The molecule has 1 unspecified atom stereocenters. The third-order valence-corrected chi connectivity index (χ3v) is 3.90. The number of thiazole rings is 1. The Kier molecular flexibility index (Phi) is 4.57. The van der Waals surface area contributed by atoms with Crippen LogP contribution in [0.3, 0.4) is 0 Å². The van der Waals surface area contributed by atoms with Crippen molar-refractivity contribution in [1.82, 2.24) is 10.3 Å². The summed E-state index contributed by atoms with van der Waals surface area (Å²) in [5.41, 5.74) is 0.233. The minimum Gasteiger partial charge on any atom is -0.507 e. The van der Waals surface area contributed by atoms with Gasteiger partial charge < -0.3 is 15.2 Å². The maximum Gasteiger partial charge on any atom is 0.255 e. The van der Waals surface area contributed by atoms with Crippen LogP contribution in [-0.2, 0) is 0 Å². The highest BCUT2D eigenvalue weighted by Crippen LogP contribution is 2.23. The molecule has 1 aromatic carbocycles. The van der Waals surface area contributed by atoms with Gasteiger partial charge >= 0.3 is 0 Å². The van der Waals surface area contributed by atoms with Crippen LogP contribution in [0.1, 0.15) is 28.2 Å². The van der Waals surface area contributed by atoms with E-state index in [0.29, 0.717) is 12.3 Å². The summed E-state index contributed by atoms with van der Waals surface area (Å²) >= 11 is 1.56. The number of rotatable bonds is 5. The van der Waals surface area contributed by atoms with Crippen LogP contribution in [0, 0.1) is 0 Å². The number of benzene rings is 1. The SMILES string of the molecule is COc1ccc(C(=O)NCC(C)c2nccs2)c(O)c1. The van der Waals surface area contributed by atoms with Gasteiger partial charge in [0.1, 0.15) is 11.5 Å². The predicted molar refractivity (Wildman–Crippen MR) is 77.5 cm³/mol. The average molecular weight is 292 g/mol. The Balaban J connectivity index is 1.98. The fraction of sp³-hybridized carbons (Fsp3) is 0.286. The molecule has 2 aromatic rings. The molecule has 20 heavy (non-hydrogen) atoms. The Morgan fingerprint density at radius 2 is 2.35 bits per heavy atom. The average Bonchev–Trinajstić information content (AvgIpc) is 2.98. The number of methoxy groups -OCH3 is 1. The van der Waals surface area contributed by atoms with E-state index in [9.17, 15) is 9.90 Å². The van der Waals surface area contributed by atoms with E-state index in [-0.39, 0.29) is 23.1 Å². The highest BCUT2D eigenvalue weighted by molar-refractivity contribution is 7.09. The van der Waals surface area contributed by atoms with Crippen molar-refractivity contribution in [3.8, 4) is 11.5 Å². The van der Waals surface area contributed by atoms with Gasteiger partial charge in [-0.1, -0.05) is 6.92 Å². The number of carbonyl (C=O) groups excluding carboxylic acids is 1. The zero-order valence-electron chi connectivity index (χ0n) is 11.3. The molecule has 1 atom stereocenters. The first kappa shape index (κ1) is 14.3. The van der Waals surface area contributed by atoms with Crippen LogP contribution in [0.25, 0.3) is 0 Å². The van der Waals surface area contributed by atoms with Crippen molar-refractivity contribution in [2.75, 3.05) is 13.7 Å². The molecule has 0 aliphatic carbocycles. The third kappa shape index (κ3) is 3.27. The number of amides is 1. The van der Waals surface area contributed by atoms with Crippen LogP contribution in [0.4, 0.5) is 0 Å². The number of hydrogen-bond acceptors (Lipinski definition) is 5. The van der Waals surface area contributed by atoms with E-state index in [1.807, 2.05) is 12.3 Å². The molecule has 2 N–H and O–H groups in total. The number of nitrogens with one attached hydrogen (secondary N) is 1. The number of carbonyl (C=O) groups is 1. The lowest BCUT2D eigenvalue weighted by Crippen LogP contribution is -2.27. The molecule has 1 aromatic heterocycles. The van der Waals surface area contributed by atoms with Crippen LogP contribution in [0.2, 0.25) is 0 Å². The molecule has 6 heteroatoms. The monoisotopic (exact) mass is 292 g/mol. The Hall–Kier alpha value is -2.08. The second-order valence-corrected chi connectivity index (χ2v) is 5.29. The van der Waals surface area contributed by atoms with Gasteiger partial charge in [-0.2, -0.15) is 0 Å². The second-order valence-electron chi connectivity index (χ2n) is 4.36. The molecule has 0 radical (unpaired) electrons. The standard InChI is InChI=1S/C14H16N2O3S/c1-9(14-15-5-6-20-14)8-16-13(18)11-4-3-10(19-2)7-12(11)17/h3-7,9,17H,8H2,1-2H3,(H,16,18). The van der Waals surface area contributed by atoms with Crippen LogP contribution in [0.15, 0.2) is 29.8 Å². The summed E-state index contributed by atoms with van der Waals surface area (Å²) in [5, 5.41) is 15.5. The fourth-order valence-corrected chi connectivity index (χ4v) is 2.44. The maximum absolute atomic E-state index is 12.0. The largest absolute Gasteiger partial charge is 0.507 e. The lowest BCUT2D eigenvalue weighted by Gasteiger charge is -2.11. The zero-order chi connectivity index (χ0) is 14.5. The van der Waals surface area contributed by atoms with Crippen molar-refractivity contribution in [1.29, 1.82) is 0 Å². The zero-order valence-corrected chi connectivity index (χ0v) is 12.1. The molecule has 0 saturated carbocycles. The van der Waals surface area contributed by atoms with E-state index < -0.39 is 0 Å². The van der Waals surface area contributed by atoms with Crippen molar-refractivity contribution in [3.63, 3.8) is 0 Å². The molecular formula is C14H16N2O3S. The Morgan fingerprint density at radius 1 is 1.55 bits per heavy atom. The summed E-state index contributed by atoms with van der Waals surface area (Å²) in [4.78, 5) is 16.2. The van der Waals surface area contributed by atoms with Crippen molar-refractivity contribution in [2.45, 2.75) is 12.8 Å². The number of phenolic OH excluding ortho intramolecular Hbond substituents is 1. The molecule has 1 heterocycles. The predicted octanol–water partition coefficient (Wildman–Crippen LogP) is 2.39. The van der Waals surface area contributed by atoms with Crippen molar-refractivity contribution in [2.24, 2.45) is 0 Å². The lowest BCUT2D eigenvalue weighted by atomic mass is 10.1. The van der Waals surface area contributed by atoms with E-state index in [4.69, 9.17) is 4.74 Å². The van der Waals surface area contributed by atoms with Crippen LogP contribution in [0.5, 0.6) is 11.5 Å². The highest BCUT2D eigenvalue weighted by Gasteiger charge is 2.14. The number of aromatic nitrogens is 1. The number of hydrogen-bond donors (Lipinski definition) is 2. The van der Waals surface area contributed by atoms with Gasteiger partial charge in [0.15, 0.2) is 0 Å². The van der Waals surface area contributed by atoms with Crippen molar-refractivity contribution >= 4 is 17.2 Å². The first-order valence-electron chi connectivity index (χ1n) is 6.16. The van der Waals surface area contributed by atoms with Crippen molar-refractivity contribution in [3.05, 3.63) is 40.3 Å². The summed E-state index contributed by atoms with van der Waals surface area (Å²) < 4.78 is 4.98. The van der Waals surface area contributed by atoms with E-state index in [2.05, 4.69) is 10.3 Å². The van der Waals surface area contributed by atoms with E-state index in [1.165, 1.54) is 19.2 Å². The molecule has 0 spiro atoms. The first-order chi connectivity index (χ1) is 9.61. The highest BCUT2D eigenvalue weighted by atomic mass is 32.1. The molecule has 2 rings (SSSR count). The van der Waals surface area contributed by atoms with E-state index in [1.54, 1.807) is 23.6 Å². The summed E-state index contributed by atoms with van der Waals surface area (Å²) in [6.45, 7) is 2.46. The molecule has 1 amide bonds. The molecule has 5 nitrogen and oxygen atoms in total. The second kappa shape index (κ2) is 6.38. The van der Waals surface area contributed by atoms with Gasteiger partial charge in [0.05, 0.1) is 17.7 Å². The number of ether oxygens (including phenoxy) is 1. The quantitative estimate of drug-likeness (QED) is 0.887. The molecule has 0 aliphatic rings. The van der Waals surface area contributed by atoms with Gasteiger partial charge in [-0.05, 0) is 12.1 Å². The molecule has 0 saturated heterocycles. The number of nitrogens with zero attached hydrogens (tertiary/aromatic N) is 1. The smallest absolute Gasteiger partial charge is 0.255 e. The topological polar surface area (TPSA) is 71.5 Å². The van der Waals surface area contributed by atoms with Crippen LogP contribution >= 0.6 is 11.3 Å². The van der Waals surface area contributed by atoms with Gasteiger partial charge in [-0.25, -0.2) is 4.98 Å². The number of phenols is 1. The summed E-state index contributed by atoms with van der Waals surface area (Å²) in [5.74, 6) is 0.242. The maximum atomic E-state index is 12.0. The molecule has 0 aliphatic heterocycles. The minimum atomic E-state index is -0.312. The Bertz CT molecular complexity index is 584. The van der Waals surface area contributed by atoms with Gasteiger partial charge in [0.2, 0.25) is 0 Å². The van der Waals surface area contributed by atoms with Crippen molar-refractivity contribution < 1.29 is 14.6 Å². The van der Waals surface area contributed by atoms with Gasteiger partial charge in [-0.3, -0.25) is 4.79 Å². The van der Waals surface area contributed by atoms with Gasteiger partial charge in [0, 0.05) is 30.1 Å². The first-order valence-corrected chi connectivity index (χ1v) is 7.04. The summed E-state index contributed by atoms with van der Waals surface area (Å²) in [7, 11) is 1.50. The van der Waals surface area contributed by atoms with Crippen LogP contribution < -0.4 is 10.1 Å². The van der Waals surface area contributed by atoms with Crippen LogP contribution in [-0.4, -0.2) is 29.7 Å². The molecular weight excluding hydrogens is 276 g/mol. The van der Waals surface area contributed by atoms with Gasteiger partial charge in [-0.15, -0.1) is 11.3 Å². The Labute approximate surface area is 121 Å². The summed E-state index contributed by atoms with van der Waals surface area (Å²) in [6.07, 6.45) is 1.74. The van der Waals surface area contributed by atoms with E-state index in [0.717, 1.165) is 5.01 Å².